The lowest BCUT2D eigenvalue weighted by atomic mass is 9.96. The van der Waals surface area contributed by atoms with Gasteiger partial charge in [-0.25, -0.2) is 0 Å². The first-order valence-electron chi connectivity index (χ1n) is 19.2. The van der Waals surface area contributed by atoms with E-state index in [4.69, 9.17) is 5.73 Å². The third kappa shape index (κ3) is 8.42. The highest BCUT2D eigenvalue weighted by Crippen LogP contribution is 2.30. The van der Waals surface area contributed by atoms with E-state index in [1.54, 1.807) is 0 Å². The van der Waals surface area contributed by atoms with Crippen molar-refractivity contribution in [3.05, 3.63) is 83.4 Å². The molecule has 3 aromatic rings. The fraction of sp³-hybridized carbons (Fsp3) is 0.571. The first kappa shape index (κ1) is 35.3. The van der Waals surface area contributed by atoms with Gasteiger partial charge in [0.2, 0.25) is 0 Å². The highest BCUT2D eigenvalue weighted by atomic mass is 15.5. The number of benzene rings is 3. The SMILES string of the molecule is CCCC[C@@H]1CN([C@H](Cc2ccc3ccccc3c2)CN2CCCC2CN2C(N)=NC[C@@H]2C)C(=N)N1CC(C)c1ccc(CC(C)C)cc1. The molecule has 3 aliphatic rings. The standard InChI is InChI=1S/C42H61N7/c1-6-7-13-39-29-49(42(44)48(39)26-31(4)35-18-15-33(16-19-35)22-30(2)3)40(24-34-17-20-36-11-8-9-12-37(36)23-34)27-46-21-10-14-38(46)28-47-32(5)25-45-41(47)43/h8-9,11-12,15-20,23,30-32,38-40,44H,6-7,10,13-14,21-22,24-29H2,1-5H3,(H2,43,45)/t31?,32-,38?,39+,40+/m0/s1. The quantitative estimate of drug-likeness (QED) is 0.178. The van der Waals surface area contributed by atoms with Gasteiger partial charge in [-0.2, -0.15) is 0 Å². The molecule has 3 aliphatic heterocycles. The predicted octanol–water partition coefficient (Wildman–Crippen LogP) is 7.35. The number of aliphatic imine (C=N–C) groups is 1. The molecule has 0 aromatic heterocycles. The molecule has 0 aliphatic carbocycles. The molecule has 3 aromatic carbocycles. The van der Waals surface area contributed by atoms with Crippen molar-refractivity contribution in [2.24, 2.45) is 16.6 Å². The first-order chi connectivity index (χ1) is 23.7. The number of fused-ring (bicyclic) bond motifs is 1. The van der Waals surface area contributed by atoms with Crippen molar-refractivity contribution in [2.45, 2.75) is 110 Å². The number of likely N-dealkylation sites (tertiary alicyclic amines) is 1. The molecule has 2 fully saturated rings. The van der Waals surface area contributed by atoms with Crippen LogP contribution in [0.25, 0.3) is 10.8 Å². The van der Waals surface area contributed by atoms with Gasteiger partial charge in [0.05, 0.1) is 6.54 Å². The van der Waals surface area contributed by atoms with Gasteiger partial charge in [0.15, 0.2) is 11.9 Å². The third-order valence-corrected chi connectivity index (χ3v) is 11.4. The van der Waals surface area contributed by atoms with Crippen LogP contribution in [0.3, 0.4) is 0 Å². The fourth-order valence-electron chi connectivity index (χ4n) is 8.51. The summed E-state index contributed by atoms with van der Waals surface area (Å²) in [5.41, 5.74) is 10.5. The number of nitrogens with zero attached hydrogens (tertiary/aromatic N) is 5. The van der Waals surface area contributed by atoms with Crippen molar-refractivity contribution < 1.29 is 0 Å². The van der Waals surface area contributed by atoms with Crippen LogP contribution >= 0.6 is 0 Å². The molecule has 264 valence electrons. The summed E-state index contributed by atoms with van der Waals surface area (Å²) in [6, 6.07) is 26.3. The highest BCUT2D eigenvalue weighted by molar-refractivity contribution is 5.83. The van der Waals surface area contributed by atoms with Crippen molar-refractivity contribution in [2.75, 3.05) is 39.3 Å². The second-order valence-electron chi connectivity index (χ2n) is 15.7. The van der Waals surface area contributed by atoms with Gasteiger partial charge in [0, 0.05) is 50.3 Å². The van der Waals surface area contributed by atoms with Crippen LogP contribution in [0.15, 0.2) is 71.7 Å². The molecule has 7 nitrogen and oxygen atoms in total. The molecule has 2 unspecified atom stereocenters. The van der Waals surface area contributed by atoms with E-state index in [1.807, 2.05) is 0 Å². The maximum Gasteiger partial charge on any atom is 0.194 e. The first-order valence-corrected chi connectivity index (χ1v) is 19.2. The minimum atomic E-state index is 0.219. The van der Waals surface area contributed by atoms with Gasteiger partial charge in [-0.1, -0.05) is 107 Å². The molecule has 2 saturated heterocycles. The number of hydrogen-bond acceptors (Lipinski definition) is 5. The summed E-state index contributed by atoms with van der Waals surface area (Å²) in [7, 11) is 0. The van der Waals surface area contributed by atoms with E-state index >= 15 is 0 Å². The lowest BCUT2D eigenvalue weighted by molar-refractivity contribution is 0.159. The Hall–Kier alpha value is -3.58. The van der Waals surface area contributed by atoms with Crippen LogP contribution in [-0.2, 0) is 12.8 Å². The van der Waals surface area contributed by atoms with Crippen molar-refractivity contribution in [3.63, 3.8) is 0 Å². The number of nitrogens with one attached hydrogen (secondary N) is 1. The van der Waals surface area contributed by atoms with Crippen LogP contribution in [0.5, 0.6) is 0 Å². The Kier molecular flexibility index (Phi) is 11.5. The molecule has 0 saturated carbocycles. The summed E-state index contributed by atoms with van der Waals surface area (Å²) in [6.45, 7) is 17.1. The fourth-order valence-corrected chi connectivity index (χ4v) is 8.51. The van der Waals surface area contributed by atoms with Crippen molar-refractivity contribution >= 4 is 22.7 Å². The summed E-state index contributed by atoms with van der Waals surface area (Å²) in [5, 5.41) is 12.4. The number of guanidine groups is 2. The normalized spacial score (nSPS) is 22.9. The van der Waals surface area contributed by atoms with Gasteiger partial charge < -0.3 is 20.4 Å². The van der Waals surface area contributed by atoms with Gasteiger partial charge in [0.1, 0.15) is 0 Å². The molecule has 49 heavy (non-hydrogen) atoms. The van der Waals surface area contributed by atoms with Gasteiger partial charge in [0.25, 0.3) is 0 Å². The Bertz CT molecular complexity index is 1560. The average molecular weight is 664 g/mol. The van der Waals surface area contributed by atoms with E-state index < -0.39 is 0 Å². The van der Waals surface area contributed by atoms with E-state index in [2.05, 4.69) is 126 Å². The molecule has 6 rings (SSSR count). The number of unbranched alkanes of at least 4 members (excludes halogenated alkanes) is 1. The zero-order valence-electron chi connectivity index (χ0n) is 30.8. The van der Waals surface area contributed by atoms with Gasteiger partial charge in [-0.05, 0) is 84.9 Å². The van der Waals surface area contributed by atoms with E-state index in [-0.39, 0.29) is 6.04 Å². The molecule has 7 heteroatoms. The van der Waals surface area contributed by atoms with E-state index in [0.29, 0.717) is 35.9 Å². The molecular formula is C42H61N7. The van der Waals surface area contributed by atoms with E-state index in [0.717, 1.165) is 64.5 Å². The van der Waals surface area contributed by atoms with Crippen LogP contribution in [0.4, 0.5) is 0 Å². The lowest BCUT2D eigenvalue weighted by Gasteiger charge is -2.37. The maximum absolute atomic E-state index is 9.77. The molecule has 0 spiro atoms. The Morgan fingerprint density at radius 2 is 1.65 bits per heavy atom. The van der Waals surface area contributed by atoms with Crippen LogP contribution < -0.4 is 5.73 Å². The van der Waals surface area contributed by atoms with Crippen molar-refractivity contribution in [1.82, 2.24) is 19.6 Å². The summed E-state index contributed by atoms with van der Waals surface area (Å²) < 4.78 is 0. The van der Waals surface area contributed by atoms with Crippen LogP contribution in [0, 0.1) is 11.3 Å². The van der Waals surface area contributed by atoms with Crippen LogP contribution in [-0.4, -0.2) is 95.0 Å². The molecule has 0 amide bonds. The van der Waals surface area contributed by atoms with Gasteiger partial charge >= 0.3 is 0 Å². The summed E-state index contributed by atoms with van der Waals surface area (Å²) in [5.74, 6) is 2.43. The number of nitrogens with two attached hydrogens (primary N) is 1. The molecule has 3 N–H and O–H groups in total. The summed E-state index contributed by atoms with van der Waals surface area (Å²) in [4.78, 5) is 14.5. The molecule has 0 radical (unpaired) electrons. The number of hydrogen-bond donors (Lipinski definition) is 2. The Labute approximate surface area is 296 Å². The molecule has 5 atom stereocenters. The smallest absolute Gasteiger partial charge is 0.194 e. The third-order valence-electron chi connectivity index (χ3n) is 11.4. The second kappa shape index (κ2) is 16.0. The molecule has 0 bridgehead atoms. The predicted molar refractivity (Wildman–Crippen MR) is 207 cm³/mol. The molecule has 3 heterocycles. The van der Waals surface area contributed by atoms with Crippen LogP contribution in [0.2, 0.25) is 0 Å². The Morgan fingerprint density at radius 3 is 2.37 bits per heavy atom. The Morgan fingerprint density at radius 1 is 0.898 bits per heavy atom. The highest BCUT2D eigenvalue weighted by Gasteiger charge is 2.40. The Balaban J connectivity index is 1.24. The zero-order valence-corrected chi connectivity index (χ0v) is 30.8. The van der Waals surface area contributed by atoms with Crippen molar-refractivity contribution in [3.8, 4) is 0 Å². The van der Waals surface area contributed by atoms with E-state index in [9.17, 15) is 5.41 Å². The zero-order chi connectivity index (χ0) is 34.5. The minimum Gasteiger partial charge on any atom is -0.370 e. The molecular weight excluding hydrogens is 603 g/mol. The number of rotatable bonds is 15. The topological polar surface area (TPSA) is 75.2 Å². The minimum absolute atomic E-state index is 0.219. The largest absolute Gasteiger partial charge is 0.370 e. The van der Waals surface area contributed by atoms with Crippen molar-refractivity contribution in [1.29, 1.82) is 5.41 Å². The summed E-state index contributed by atoms with van der Waals surface area (Å²) >= 11 is 0. The summed E-state index contributed by atoms with van der Waals surface area (Å²) in [6.07, 6.45) is 7.96. The second-order valence-corrected chi connectivity index (χ2v) is 15.7. The van der Waals surface area contributed by atoms with Gasteiger partial charge in [-0.15, -0.1) is 0 Å². The van der Waals surface area contributed by atoms with E-state index in [1.165, 1.54) is 53.1 Å². The van der Waals surface area contributed by atoms with Gasteiger partial charge in [-0.3, -0.25) is 15.3 Å². The average Bonchev–Trinajstić information content (AvgIpc) is 3.76. The monoisotopic (exact) mass is 663 g/mol. The lowest BCUT2D eigenvalue weighted by Crippen LogP contribution is -2.52. The van der Waals surface area contributed by atoms with Crippen LogP contribution in [0.1, 0.15) is 89.3 Å². The maximum atomic E-state index is 9.77.